The second-order valence-corrected chi connectivity index (χ2v) is 8.98. The molecule has 0 bridgehead atoms. The van der Waals surface area contributed by atoms with Gasteiger partial charge in [-0.2, -0.15) is 13.2 Å². The highest BCUT2D eigenvalue weighted by Gasteiger charge is 2.37. The molecule has 13 nitrogen and oxygen atoms in total. The molecule has 0 radical (unpaired) electrons. The van der Waals surface area contributed by atoms with Crippen LogP contribution in [0.5, 0.6) is 17.2 Å². The van der Waals surface area contributed by atoms with Crippen LogP contribution in [0.15, 0.2) is 72.8 Å². The molecule has 226 valence electrons. The summed E-state index contributed by atoms with van der Waals surface area (Å²) in [5.74, 6) is -2.78. The van der Waals surface area contributed by atoms with Crippen molar-refractivity contribution in [2.75, 3.05) is 12.0 Å². The van der Waals surface area contributed by atoms with Gasteiger partial charge in [0, 0.05) is 23.8 Å². The summed E-state index contributed by atoms with van der Waals surface area (Å²) in [5.41, 5.74) is -2.63. The molecular weight excluding hydrogens is 593 g/mol. The lowest BCUT2D eigenvalue weighted by molar-refractivity contribution is -0.385. The second-order valence-electron chi connectivity index (χ2n) is 8.98. The van der Waals surface area contributed by atoms with Crippen molar-refractivity contribution in [2.24, 2.45) is 0 Å². The van der Waals surface area contributed by atoms with E-state index < -0.39 is 56.4 Å². The van der Waals surface area contributed by atoms with Crippen molar-refractivity contribution in [3.63, 3.8) is 0 Å². The number of alkyl halides is 3. The van der Waals surface area contributed by atoms with E-state index in [4.69, 9.17) is 9.47 Å². The standard InChI is InChI=1S/C28H19F3N4O9/c1-3-4-16-11-15(12-20-25(36)32-27(38)33(26(20)37)18-6-8-19(9-7-18)34(39)40)13-23(43-2)24(16)44-22-10-5-17(28(29,30)31)14-21(22)35(41)42/h3,5-14H,1,4H2,2H3,(H,32,36,38)/b20-12+. The Labute approximate surface area is 245 Å². The summed E-state index contributed by atoms with van der Waals surface area (Å²) >= 11 is 0. The molecule has 16 heteroatoms. The first kappa shape index (κ1) is 30.9. The minimum Gasteiger partial charge on any atom is -0.493 e. The zero-order chi connectivity index (χ0) is 32.3. The zero-order valence-corrected chi connectivity index (χ0v) is 22.4. The number of amides is 4. The Balaban J connectivity index is 1.76. The van der Waals surface area contributed by atoms with Gasteiger partial charge in [-0.1, -0.05) is 6.08 Å². The van der Waals surface area contributed by atoms with Crippen molar-refractivity contribution < 1.29 is 46.9 Å². The Morgan fingerprint density at radius 1 is 0.977 bits per heavy atom. The van der Waals surface area contributed by atoms with E-state index in [1.54, 1.807) is 0 Å². The molecule has 1 saturated heterocycles. The first-order chi connectivity index (χ1) is 20.7. The van der Waals surface area contributed by atoms with Crippen LogP contribution in [0.2, 0.25) is 0 Å². The number of nitrogens with one attached hydrogen (secondary N) is 1. The normalized spacial score (nSPS) is 14.3. The van der Waals surface area contributed by atoms with E-state index in [0.29, 0.717) is 17.0 Å². The van der Waals surface area contributed by atoms with Crippen LogP contribution in [0.1, 0.15) is 16.7 Å². The number of rotatable bonds is 9. The maximum Gasteiger partial charge on any atom is 0.416 e. The quantitative estimate of drug-likeness (QED) is 0.104. The molecular formula is C28H19F3N4O9. The molecule has 1 fully saturated rings. The average molecular weight is 612 g/mol. The van der Waals surface area contributed by atoms with Crippen LogP contribution in [0.25, 0.3) is 6.08 Å². The molecule has 0 saturated carbocycles. The highest BCUT2D eigenvalue weighted by Crippen LogP contribution is 2.42. The predicted octanol–water partition coefficient (Wildman–Crippen LogP) is 5.72. The highest BCUT2D eigenvalue weighted by molar-refractivity contribution is 6.39. The monoisotopic (exact) mass is 612 g/mol. The Bertz CT molecular complexity index is 1750. The molecule has 0 aromatic heterocycles. The van der Waals surface area contributed by atoms with E-state index in [-0.39, 0.29) is 40.4 Å². The third kappa shape index (κ3) is 6.23. The van der Waals surface area contributed by atoms with Crippen LogP contribution in [0.3, 0.4) is 0 Å². The third-order valence-electron chi connectivity index (χ3n) is 6.16. The molecule has 0 unspecified atom stereocenters. The predicted molar refractivity (Wildman–Crippen MR) is 147 cm³/mol. The molecule has 1 aliphatic heterocycles. The maximum atomic E-state index is 13.3. The van der Waals surface area contributed by atoms with E-state index in [0.717, 1.165) is 36.4 Å². The van der Waals surface area contributed by atoms with E-state index in [9.17, 15) is 47.8 Å². The Morgan fingerprint density at radius 2 is 1.66 bits per heavy atom. The minimum atomic E-state index is -4.84. The fourth-order valence-corrected chi connectivity index (χ4v) is 4.16. The van der Waals surface area contributed by atoms with Crippen LogP contribution in [-0.2, 0) is 22.2 Å². The number of nitro benzene ring substituents is 2. The number of urea groups is 1. The number of anilines is 1. The molecule has 44 heavy (non-hydrogen) atoms. The lowest BCUT2D eigenvalue weighted by Crippen LogP contribution is -2.54. The summed E-state index contributed by atoms with van der Waals surface area (Å²) in [5, 5.41) is 24.5. The largest absolute Gasteiger partial charge is 0.493 e. The van der Waals surface area contributed by atoms with Crippen molar-refractivity contribution in [1.29, 1.82) is 0 Å². The summed E-state index contributed by atoms with van der Waals surface area (Å²) in [7, 11) is 1.21. The fourth-order valence-electron chi connectivity index (χ4n) is 4.16. The molecule has 3 aromatic rings. The Hall–Kier alpha value is -6.06. The molecule has 4 rings (SSSR count). The summed E-state index contributed by atoms with van der Waals surface area (Å²) in [4.78, 5) is 59.9. The molecule has 0 atom stereocenters. The van der Waals surface area contributed by atoms with Gasteiger partial charge in [0.1, 0.15) is 5.57 Å². The number of hydrogen-bond acceptors (Lipinski definition) is 9. The first-order valence-electron chi connectivity index (χ1n) is 12.3. The van der Waals surface area contributed by atoms with Gasteiger partial charge >= 0.3 is 17.9 Å². The highest BCUT2D eigenvalue weighted by atomic mass is 19.4. The average Bonchev–Trinajstić information content (AvgIpc) is 2.96. The molecule has 1 aliphatic rings. The van der Waals surface area contributed by atoms with E-state index in [1.807, 2.05) is 5.32 Å². The molecule has 1 heterocycles. The summed E-state index contributed by atoms with van der Waals surface area (Å²) in [6, 6.07) is 7.81. The third-order valence-corrected chi connectivity index (χ3v) is 6.16. The summed E-state index contributed by atoms with van der Waals surface area (Å²) in [6.45, 7) is 3.63. The van der Waals surface area contributed by atoms with E-state index in [1.165, 1.54) is 25.3 Å². The number of benzene rings is 3. The van der Waals surface area contributed by atoms with Crippen molar-refractivity contribution in [3.8, 4) is 17.2 Å². The van der Waals surface area contributed by atoms with Crippen LogP contribution in [-0.4, -0.2) is 34.8 Å². The van der Waals surface area contributed by atoms with Gasteiger partial charge in [0.05, 0.1) is 28.2 Å². The number of imide groups is 2. The van der Waals surface area contributed by atoms with Crippen LogP contribution in [0, 0.1) is 20.2 Å². The Morgan fingerprint density at radius 3 is 2.23 bits per heavy atom. The number of ether oxygens (including phenoxy) is 2. The van der Waals surface area contributed by atoms with E-state index in [2.05, 4.69) is 6.58 Å². The lowest BCUT2D eigenvalue weighted by atomic mass is 10.0. The fraction of sp³-hybridized carbons (Fsp3) is 0.107. The van der Waals surface area contributed by atoms with Crippen LogP contribution < -0.4 is 19.7 Å². The van der Waals surface area contributed by atoms with Gasteiger partial charge in [0.2, 0.25) is 5.75 Å². The number of non-ortho nitro benzene ring substituents is 1. The van der Waals surface area contributed by atoms with Gasteiger partial charge in [-0.05, 0) is 54.5 Å². The molecule has 1 N–H and O–H groups in total. The van der Waals surface area contributed by atoms with Crippen molar-refractivity contribution in [1.82, 2.24) is 5.32 Å². The topological polar surface area (TPSA) is 171 Å². The van der Waals surface area contributed by atoms with Gasteiger partial charge in [0.25, 0.3) is 17.5 Å². The Kier molecular flexibility index (Phi) is 8.46. The van der Waals surface area contributed by atoms with Crippen molar-refractivity contribution in [2.45, 2.75) is 12.6 Å². The maximum absolute atomic E-state index is 13.3. The summed E-state index contributed by atoms with van der Waals surface area (Å²) < 4.78 is 50.5. The number of carbonyl (C=O) groups excluding carboxylic acids is 3. The van der Waals surface area contributed by atoms with E-state index >= 15 is 0 Å². The number of barbiturate groups is 1. The lowest BCUT2D eigenvalue weighted by Gasteiger charge is -2.26. The first-order valence-corrected chi connectivity index (χ1v) is 12.3. The second kappa shape index (κ2) is 12.0. The number of nitrogens with zero attached hydrogens (tertiary/aromatic N) is 3. The molecule has 3 aromatic carbocycles. The van der Waals surface area contributed by atoms with Gasteiger partial charge in [-0.3, -0.25) is 35.1 Å². The summed E-state index contributed by atoms with van der Waals surface area (Å²) in [6.07, 6.45) is -2.24. The van der Waals surface area contributed by atoms with Crippen LogP contribution in [0.4, 0.5) is 35.0 Å². The van der Waals surface area contributed by atoms with Crippen molar-refractivity contribution in [3.05, 3.63) is 110 Å². The zero-order valence-electron chi connectivity index (χ0n) is 22.4. The number of nitro groups is 2. The van der Waals surface area contributed by atoms with Gasteiger partial charge in [-0.25, -0.2) is 9.69 Å². The number of methoxy groups -OCH3 is 1. The van der Waals surface area contributed by atoms with Crippen LogP contribution >= 0.6 is 0 Å². The number of hydrogen-bond donors (Lipinski definition) is 1. The number of halogens is 3. The SMILES string of the molecule is C=CCc1cc(/C=C2\C(=O)NC(=O)N(c3ccc([N+](=O)[O-])cc3)C2=O)cc(OC)c1Oc1ccc(C(F)(F)F)cc1[N+](=O)[O-]. The molecule has 4 amide bonds. The van der Waals surface area contributed by atoms with Gasteiger partial charge in [-0.15, -0.1) is 6.58 Å². The smallest absolute Gasteiger partial charge is 0.416 e. The van der Waals surface area contributed by atoms with Gasteiger partial charge in [0.15, 0.2) is 11.5 Å². The molecule has 0 aliphatic carbocycles. The van der Waals surface area contributed by atoms with Gasteiger partial charge < -0.3 is 9.47 Å². The number of carbonyl (C=O) groups is 3. The minimum absolute atomic E-state index is 0.0463. The van der Waals surface area contributed by atoms with Crippen molar-refractivity contribution >= 4 is 41.0 Å². The number of allylic oxidation sites excluding steroid dienone is 1. The molecule has 0 spiro atoms.